The van der Waals surface area contributed by atoms with Crippen LogP contribution in [0, 0.1) is 23.0 Å². The predicted molar refractivity (Wildman–Crippen MR) is 80.5 cm³/mol. The van der Waals surface area contributed by atoms with Crippen molar-refractivity contribution in [3.63, 3.8) is 0 Å². The number of benzene rings is 1. The van der Waals surface area contributed by atoms with Crippen molar-refractivity contribution >= 4 is 23.3 Å². The van der Waals surface area contributed by atoms with Crippen LogP contribution in [0.2, 0.25) is 0 Å². The quantitative estimate of drug-likeness (QED) is 0.796. The number of hydrogen-bond acceptors (Lipinski definition) is 1. The molecular weight excluding hydrogens is 240 g/mol. The fraction of sp³-hybridized carbons (Fsp3) is 0.533. The summed E-state index contributed by atoms with van der Waals surface area (Å²) in [6.45, 7) is 12.2. The van der Waals surface area contributed by atoms with Crippen molar-refractivity contribution in [2.24, 2.45) is 11.3 Å². The van der Waals surface area contributed by atoms with Crippen LogP contribution in [0.25, 0.3) is 11.0 Å². The molecule has 0 aliphatic heterocycles. The summed E-state index contributed by atoms with van der Waals surface area (Å²) in [7, 11) is 0. The lowest BCUT2D eigenvalue weighted by Gasteiger charge is -2.29. The van der Waals surface area contributed by atoms with Gasteiger partial charge in [0.15, 0.2) is 4.77 Å². The number of aryl methyl sites for hydroxylation is 1. The Hall–Kier alpha value is -1.09. The van der Waals surface area contributed by atoms with Gasteiger partial charge in [0, 0.05) is 6.54 Å². The van der Waals surface area contributed by atoms with Gasteiger partial charge in [-0.25, -0.2) is 0 Å². The molecule has 0 spiro atoms. The molecule has 0 fully saturated rings. The average molecular weight is 262 g/mol. The second kappa shape index (κ2) is 4.54. The zero-order chi connectivity index (χ0) is 13.5. The molecule has 1 aromatic heterocycles. The highest BCUT2D eigenvalue weighted by molar-refractivity contribution is 7.71. The van der Waals surface area contributed by atoms with Crippen LogP contribution in [-0.4, -0.2) is 9.55 Å². The van der Waals surface area contributed by atoms with Gasteiger partial charge in [-0.15, -0.1) is 0 Å². The maximum absolute atomic E-state index is 5.46. The number of aromatic amines is 1. The van der Waals surface area contributed by atoms with Crippen molar-refractivity contribution in [2.75, 3.05) is 0 Å². The zero-order valence-electron chi connectivity index (χ0n) is 11.9. The van der Waals surface area contributed by atoms with Crippen LogP contribution in [0.15, 0.2) is 18.2 Å². The second-order valence-corrected chi connectivity index (χ2v) is 6.57. The van der Waals surface area contributed by atoms with E-state index in [-0.39, 0.29) is 5.41 Å². The van der Waals surface area contributed by atoms with E-state index in [1.165, 1.54) is 11.1 Å². The molecule has 0 aliphatic carbocycles. The van der Waals surface area contributed by atoms with Gasteiger partial charge in [0.1, 0.15) is 0 Å². The van der Waals surface area contributed by atoms with E-state index in [1.54, 1.807) is 0 Å². The molecule has 0 atom stereocenters. The molecule has 2 nitrogen and oxygen atoms in total. The number of nitrogens with one attached hydrogen (secondary N) is 1. The number of imidazole rings is 1. The zero-order valence-corrected chi connectivity index (χ0v) is 12.7. The molecule has 3 heteroatoms. The molecule has 0 aliphatic rings. The van der Waals surface area contributed by atoms with E-state index < -0.39 is 0 Å². The molecule has 2 aromatic rings. The van der Waals surface area contributed by atoms with E-state index in [2.05, 4.69) is 62.4 Å². The summed E-state index contributed by atoms with van der Waals surface area (Å²) in [6, 6.07) is 6.43. The summed E-state index contributed by atoms with van der Waals surface area (Å²) in [5.41, 5.74) is 3.85. The van der Waals surface area contributed by atoms with Gasteiger partial charge in [-0.2, -0.15) is 0 Å². The molecule has 0 saturated heterocycles. The molecule has 0 radical (unpaired) electrons. The third-order valence-electron chi connectivity index (χ3n) is 4.06. The molecule has 1 heterocycles. The smallest absolute Gasteiger partial charge is 0.178 e. The van der Waals surface area contributed by atoms with E-state index in [9.17, 15) is 0 Å². The number of hydrogen-bond donors (Lipinski definition) is 1. The minimum atomic E-state index is 0.233. The molecule has 2 rings (SSSR count). The number of aromatic nitrogens is 2. The van der Waals surface area contributed by atoms with Gasteiger partial charge in [-0.3, -0.25) is 0 Å². The summed E-state index contributed by atoms with van der Waals surface area (Å²) in [6.07, 6.45) is 0. The Labute approximate surface area is 114 Å². The van der Waals surface area contributed by atoms with Crippen molar-refractivity contribution in [3.8, 4) is 0 Å². The third kappa shape index (κ3) is 2.37. The summed E-state index contributed by atoms with van der Waals surface area (Å²) in [5, 5.41) is 0. The lowest BCUT2D eigenvalue weighted by Crippen LogP contribution is -2.25. The van der Waals surface area contributed by atoms with Crippen LogP contribution in [0.1, 0.15) is 33.3 Å². The van der Waals surface area contributed by atoms with Crippen LogP contribution >= 0.6 is 12.2 Å². The largest absolute Gasteiger partial charge is 0.331 e. The summed E-state index contributed by atoms with van der Waals surface area (Å²) in [5.74, 6) is 0.620. The molecule has 0 saturated carbocycles. The Morgan fingerprint density at radius 3 is 2.61 bits per heavy atom. The Morgan fingerprint density at radius 2 is 2.00 bits per heavy atom. The van der Waals surface area contributed by atoms with Crippen molar-refractivity contribution in [3.05, 3.63) is 28.5 Å². The molecule has 1 aromatic carbocycles. The molecule has 1 N–H and O–H groups in total. The fourth-order valence-corrected chi connectivity index (χ4v) is 2.28. The van der Waals surface area contributed by atoms with Crippen molar-refractivity contribution in [1.29, 1.82) is 0 Å². The van der Waals surface area contributed by atoms with Gasteiger partial charge in [0.05, 0.1) is 11.0 Å². The standard InChI is InChI=1S/C15H22N2S/c1-10(2)15(4,5)9-17-13-8-11(3)6-7-12(13)16-14(17)18/h6-8,10H,9H2,1-5H3,(H,16,18). The Kier molecular flexibility index (Phi) is 3.37. The van der Waals surface area contributed by atoms with Gasteiger partial charge in [-0.1, -0.05) is 33.8 Å². The average Bonchev–Trinajstić information content (AvgIpc) is 2.55. The van der Waals surface area contributed by atoms with E-state index in [0.717, 1.165) is 16.8 Å². The molecular formula is C15H22N2S. The fourth-order valence-electron chi connectivity index (χ4n) is 2.01. The third-order valence-corrected chi connectivity index (χ3v) is 4.38. The lowest BCUT2D eigenvalue weighted by atomic mass is 9.81. The maximum atomic E-state index is 5.46. The van der Waals surface area contributed by atoms with Crippen LogP contribution in [0.3, 0.4) is 0 Å². The van der Waals surface area contributed by atoms with E-state index in [1.807, 2.05) is 0 Å². The maximum Gasteiger partial charge on any atom is 0.178 e. The SMILES string of the molecule is Cc1ccc2[nH]c(=S)n(CC(C)(C)C(C)C)c2c1. The normalized spacial score (nSPS) is 12.6. The predicted octanol–water partition coefficient (Wildman–Crippen LogP) is 4.69. The number of fused-ring (bicyclic) bond motifs is 1. The van der Waals surface area contributed by atoms with Gasteiger partial charge in [0.2, 0.25) is 0 Å². The van der Waals surface area contributed by atoms with Gasteiger partial charge >= 0.3 is 0 Å². The highest BCUT2D eigenvalue weighted by Crippen LogP contribution is 2.30. The van der Waals surface area contributed by atoms with Crippen LogP contribution in [-0.2, 0) is 6.54 Å². The first-order valence-corrected chi connectivity index (χ1v) is 6.91. The number of nitrogens with zero attached hydrogens (tertiary/aromatic N) is 1. The van der Waals surface area contributed by atoms with Gasteiger partial charge in [0.25, 0.3) is 0 Å². The number of H-pyrrole nitrogens is 1. The number of rotatable bonds is 3. The minimum Gasteiger partial charge on any atom is -0.331 e. The Balaban J connectivity index is 2.54. The highest BCUT2D eigenvalue weighted by atomic mass is 32.1. The summed E-state index contributed by atoms with van der Waals surface area (Å²) >= 11 is 5.46. The van der Waals surface area contributed by atoms with Gasteiger partial charge in [-0.05, 0) is 48.2 Å². The highest BCUT2D eigenvalue weighted by Gasteiger charge is 2.24. The van der Waals surface area contributed by atoms with E-state index >= 15 is 0 Å². The molecule has 0 unspecified atom stereocenters. The lowest BCUT2D eigenvalue weighted by molar-refractivity contribution is 0.212. The Bertz CT molecular complexity index is 617. The summed E-state index contributed by atoms with van der Waals surface area (Å²) in [4.78, 5) is 3.29. The first-order chi connectivity index (χ1) is 8.31. The van der Waals surface area contributed by atoms with Crippen molar-refractivity contribution in [1.82, 2.24) is 9.55 Å². The van der Waals surface area contributed by atoms with Crippen molar-refractivity contribution in [2.45, 2.75) is 41.2 Å². The van der Waals surface area contributed by atoms with Crippen LogP contribution < -0.4 is 0 Å². The topological polar surface area (TPSA) is 20.7 Å². The van der Waals surface area contributed by atoms with E-state index in [0.29, 0.717) is 5.92 Å². The molecule has 0 amide bonds. The van der Waals surface area contributed by atoms with Crippen LogP contribution in [0.5, 0.6) is 0 Å². The summed E-state index contributed by atoms with van der Waals surface area (Å²) < 4.78 is 3.06. The molecule has 98 valence electrons. The monoisotopic (exact) mass is 262 g/mol. The van der Waals surface area contributed by atoms with E-state index in [4.69, 9.17) is 12.2 Å². The van der Waals surface area contributed by atoms with Crippen LogP contribution in [0.4, 0.5) is 0 Å². The minimum absolute atomic E-state index is 0.233. The molecule has 18 heavy (non-hydrogen) atoms. The first-order valence-electron chi connectivity index (χ1n) is 6.50. The van der Waals surface area contributed by atoms with Gasteiger partial charge < -0.3 is 9.55 Å². The van der Waals surface area contributed by atoms with Crippen molar-refractivity contribution < 1.29 is 0 Å². The first kappa shape index (κ1) is 13.3. The Morgan fingerprint density at radius 1 is 1.33 bits per heavy atom. The molecule has 0 bridgehead atoms. The second-order valence-electron chi connectivity index (χ2n) is 6.18.